The first-order chi connectivity index (χ1) is 9.15. The van der Waals surface area contributed by atoms with Gasteiger partial charge < -0.3 is 10.2 Å². The molecule has 0 aromatic carbocycles. The second kappa shape index (κ2) is 6.35. The van der Waals surface area contributed by atoms with Gasteiger partial charge in [0, 0.05) is 38.4 Å². The Kier molecular flexibility index (Phi) is 4.77. The number of anilines is 1. The third-order valence-electron chi connectivity index (χ3n) is 3.96. The Hall–Kier alpha value is -1.13. The van der Waals surface area contributed by atoms with E-state index in [0.29, 0.717) is 6.04 Å². The summed E-state index contributed by atoms with van der Waals surface area (Å²) in [5.41, 5.74) is 2.54. The van der Waals surface area contributed by atoms with Crippen molar-refractivity contribution >= 4 is 5.82 Å². The number of nitrogens with zero attached hydrogens (tertiary/aromatic N) is 3. The van der Waals surface area contributed by atoms with Crippen molar-refractivity contribution in [3.63, 3.8) is 0 Å². The Morgan fingerprint density at radius 3 is 2.79 bits per heavy atom. The van der Waals surface area contributed by atoms with E-state index < -0.39 is 0 Å². The summed E-state index contributed by atoms with van der Waals surface area (Å²) in [6.45, 7) is 12.0. The van der Waals surface area contributed by atoms with E-state index in [-0.39, 0.29) is 0 Å². The fourth-order valence-corrected chi connectivity index (χ4v) is 2.92. The summed E-state index contributed by atoms with van der Waals surface area (Å²) in [7, 11) is 1.97. The number of likely N-dealkylation sites (N-methyl/N-ethyl adjacent to an activating group) is 1. The zero-order chi connectivity index (χ0) is 13.8. The Morgan fingerprint density at radius 1 is 1.42 bits per heavy atom. The van der Waals surface area contributed by atoms with Crippen molar-refractivity contribution in [2.24, 2.45) is 0 Å². The maximum atomic E-state index is 4.67. The number of hydrogen-bond donors (Lipinski definition) is 1. The Balaban J connectivity index is 2.10. The lowest BCUT2D eigenvalue weighted by molar-refractivity contribution is 0.199. The number of rotatable bonds is 4. The van der Waals surface area contributed by atoms with Gasteiger partial charge >= 0.3 is 0 Å². The Bertz CT molecular complexity index is 419. The number of nitrogens with one attached hydrogen (secondary N) is 1. The van der Waals surface area contributed by atoms with Gasteiger partial charge in [0.1, 0.15) is 5.82 Å². The fourth-order valence-electron chi connectivity index (χ4n) is 2.92. The number of piperazine rings is 1. The number of pyridine rings is 1. The maximum Gasteiger partial charge on any atom is 0.131 e. The molecule has 2 rings (SSSR count). The quantitative estimate of drug-likeness (QED) is 0.894. The highest BCUT2D eigenvalue weighted by Crippen LogP contribution is 2.21. The molecule has 0 aliphatic carbocycles. The largest absolute Gasteiger partial charge is 0.354 e. The van der Waals surface area contributed by atoms with Crippen LogP contribution in [0.2, 0.25) is 0 Å². The molecule has 1 aromatic heterocycles. The lowest BCUT2D eigenvalue weighted by Crippen LogP contribution is -2.52. The molecular weight excluding hydrogens is 236 g/mol. The van der Waals surface area contributed by atoms with Crippen LogP contribution in [0.25, 0.3) is 0 Å². The van der Waals surface area contributed by atoms with Gasteiger partial charge in [0.2, 0.25) is 0 Å². The highest BCUT2D eigenvalue weighted by molar-refractivity contribution is 5.48. The summed E-state index contributed by atoms with van der Waals surface area (Å²) in [6, 6.07) is 2.85. The predicted octanol–water partition coefficient (Wildman–Crippen LogP) is 1.64. The molecule has 1 fully saturated rings. The molecule has 1 aliphatic heterocycles. The average Bonchev–Trinajstić information content (AvgIpc) is 2.39. The van der Waals surface area contributed by atoms with Crippen LogP contribution in [0, 0.1) is 6.92 Å². The van der Waals surface area contributed by atoms with Crippen LogP contribution in [0.5, 0.6) is 0 Å². The molecule has 1 unspecified atom stereocenters. The molecule has 19 heavy (non-hydrogen) atoms. The summed E-state index contributed by atoms with van der Waals surface area (Å²) in [5, 5.41) is 3.17. The number of aromatic nitrogens is 1. The van der Waals surface area contributed by atoms with Crippen LogP contribution in [-0.2, 0) is 6.54 Å². The molecule has 0 spiro atoms. The van der Waals surface area contributed by atoms with Crippen molar-refractivity contribution in [1.29, 1.82) is 0 Å². The van der Waals surface area contributed by atoms with Gasteiger partial charge in [-0.1, -0.05) is 6.92 Å². The van der Waals surface area contributed by atoms with Gasteiger partial charge in [0.05, 0.1) is 0 Å². The Labute approximate surface area is 116 Å². The van der Waals surface area contributed by atoms with Gasteiger partial charge in [-0.3, -0.25) is 4.90 Å². The summed E-state index contributed by atoms with van der Waals surface area (Å²) >= 11 is 0. The minimum atomic E-state index is 0.608. The van der Waals surface area contributed by atoms with Crippen LogP contribution in [0.3, 0.4) is 0 Å². The summed E-state index contributed by atoms with van der Waals surface area (Å²) < 4.78 is 0. The Morgan fingerprint density at radius 2 is 2.21 bits per heavy atom. The molecule has 0 radical (unpaired) electrons. The molecule has 1 aromatic rings. The van der Waals surface area contributed by atoms with Crippen LogP contribution in [-0.4, -0.2) is 49.2 Å². The summed E-state index contributed by atoms with van der Waals surface area (Å²) in [4.78, 5) is 9.63. The van der Waals surface area contributed by atoms with Gasteiger partial charge in [0.25, 0.3) is 0 Å². The van der Waals surface area contributed by atoms with Crippen molar-refractivity contribution in [3.8, 4) is 0 Å². The molecule has 1 atom stereocenters. The van der Waals surface area contributed by atoms with Crippen molar-refractivity contribution in [2.75, 3.05) is 38.1 Å². The zero-order valence-corrected chi connectivity index (χ0v) is 12.6. The van der Waals surface area contributed by atoms with Crippen molar-refractivity contribution < 1.29 is 0 Å². The third kappa shape index (κ3) is 3.25. The maximum absolute atomic E-state index is 4.67. The topological polar surface area (TPSA) is 31.4 Å². The minimum absolute atomic E-state index is 0.608. The van der Waals surface area contributed by atoms with Gasteiger partial charge in [-0.2, -0.15) is 0 Å². The summed E-state index contributed by atoms with van der Waals surface area (Å²) in [5.74, 6) is 1.16. The van der Waals surface area contributed by atoms with E-state index in [1.807, 2.05) is 13.2 Å². The standard InChI is InChI=1S/C15H26N4/c1-5-18-6-7-19(11-13(18)3)15-12(2)8-14(9-16-4)10-17-15/h8,10,13,16H,5-7,9,11H2,1-4H3. The first kappa shape index (κ1) is 14.3. The van der Waals surface area contributed by atoms with E-state index in [1.54, 1.807) is 0 Å². The molecule has 2 heterocycles. The van der Waals surface area contributed by atoms with E-state index in [9.17, 15) is 0 Å². The van der Waals surface area contributed by atoms with Gasteiger partial charge in [-0.05, 0) is 44.6 Å². The minimum Gasteiger partial charge on any atom is -0.354 e. The van der Waals surface area contributed by atoms with Crippen LogP contribution >= 0.6 is 0 Å². The molecule has 1 saturated heterocycles. The first-order valence-electron chi connectivity index (χ1n) is 7.24. The van der Waals surface area contributed by atoms with Crippen LogP contribution < -0.4 is 10.2 Å². The van der Waals surface area contributed by atoms with Crippen molar-refractivity contribution in [2.45, 2.75) is 33.4 Å². The smallest absolute Gasteiger partial charge is 0.131 e. The van der Waals surface area contributed by atoms with E-state index in [4.69, 9.17) is 0 Å². The predicted molar refractivity (Wildman–Crippen MR) is 80.7 cm³/mol. The fraction of sp³-hybridized carbons (Fsp3) is 0.667. The second-order valence-electron chi connectivity index (χ2n) is 5.44. The molecule has 106 valence electrons. The van der Waals surface area contributed by atoms with Gasteiger partial charge in [-0.15, -0.1) is 0 Å². The van der Waals surface area contributed by atoms with Crippen LogP contribution in [0.15, 0.2) is 12.3 Å². The summed E-state index contributed by atoms with van der Waals surface area (Å²) in [6.07, 6.45) is 2.00. The first-order valence-corrected chi connectivity index (χ1v) is 7.24. The second-order valence-corrected chi connectivity index (χ2v) is 5.44. The highest BCUT2D eigenvalue weighted by Gasteiger charge is 2.23. The molecule has 1 N–H and O–H groups in total. The van der Waals surface area contributed by atoms with Gasteiger partial charge in [-0.25, -0.2) is 4.98 Å². The lowest BCUT2D eigenvalue weighted by Gasteiger charge is -2.40. The molecular formula is C15H26N4. The normalized spacial score (nSPS) is 20.8. The molecule has 0 bridgehead atoms. The van der Waals surface area contributed by atoms with E-state index in [1.165, 1.54) is 11.1 Å². The van der Waals surface area contributed by atoms with Crippen LogP contribution in [0.1, 0.15) is 25.0 Å². The van der Waals surface area contributed by atoms with Gasteiger partial charge in [0.15, 0.2) is 0 Å². The molecule has 0 saturated carbocycles. The van der Waals surface area contributed by atoms with Crippen molar-refractivity contribution in [1.82, 2.24) is 15.2 Å². The SMILES string of the molecule is CCN1CCN(c2ncc(CNC)cc2C)CC1C. The van der Waals surface area contributed by atoms with E-state index >= 15 is 0 Å². The molecule has 0 amide bonds. The zero-order valence-electron chi connectivity index (χ0n) is 12.6. The average molecular weight is 262 g/mol. The molecule has 4 nitrogen and oxygen atoms in total. The highest BCUT2D eigenvalue weighted by atomic mass is 15.3. The molecule has 4 heteroatoms. The lowest BCUT2D eigenvalue weighted by atomic mass is 10.1. The number of hydrogen-bond acceptors (Lipinski definition) is 4. The van der Waals surface area contributed by atoms with E-state index in [0.717, 1.165) is 38.5 Å². The van der Waals surface area contributed by atoms with E-state index in [2.05, 4.69) is 46.9 Å². The van der Waals surface area contributed by atoms with Crippen molar-refractivity contribution in [3.05, 3.63) is 23.4 Å². The monoisotopic (exact) mass is 262 g/mol. The van der Waals surface area contributed by atoms with Crippen LogP contribution in [0.4, 0.5) is 5.82 Å². The number of aryl methyl sites for hydroxylation is 1. The third-order valence-corrected chi connectivity index (χ3v) is 3.96. The molecule has 1 aliphatic rings.